The van der Waals surface area contributed by atoms with Crippen LogP contribution in [0.4, 0.5) is 5.69 Å². The standard InChI is InChI=1S/C25H37NO7S/c1-15(2)34(30,31)21-9-8-17(18(14-33-7)23(21)26-10-11-32-6)24(29)22-19(27)12-16(13-20(22)28)25(3,4)5/h8-9,15-16,22,26H,10-14H2,1-7H3. The molecule has 0 radical (unpaired) electrons. The number of ketones is 3. The zero-order chi connectivity index (χ0) is 25.8. The fourth-order valence-corrected chi connectivity index (χ4v) is 5.39. The lowest BCUT2D eigenvalue weighted by Crippen LogP contribution is -2.42. The Balaban J connectivity index is 2.60. The number of benzene rings is 1. The van der Waals surface area contributed by atoms with Crippen LogP contribution >= 0.6 is 0 Å². The van der Waals surface area contributed by atoms with Gasteiger partial charge in [0.1, 0.15) is 5.92 Å². The number of anilines is 1. The van der Waals surface area contributed by atoms with Crippen molar-refractivity contribution in [3.8, 4) is 0 Å². The van der Waals surface area contributed by atoms with Crippen molar-refractivity contribution in [2.24, 2.45) is 17.3 Å². The predicted octanol–water partition coefficient (Wildman–Crippen LogP) is 3.47. The number of ether oxygens (including phenoxy) is 2. The Bertz CT molecular complexity index is 1020. The third-order valence-electron chi connectivity index (χ3n) is 6.39. The monoisotopic (exact) mass is 495 g/mol. The van der Waals surface area contributed by atoms with Crippen molar-refractivity contribution < 1.29 is 32.3 Å². The van der Waals surface area contributed by atoms with Crippen molar-refractivity contribution in [1.29, 1.82) is 0 Å². The normalized spacial score (nSPS) is 19.5. The highest BCUT2D eigenvalue weighted by Crippen LogP contribution is 2.39. The zero-order valence-electron chi connectivity index (χ0n) is 21.2. The van der Waals surface area contributed by atoms with Crippen LogP contribution in [0.25, 0.3) is 0 Å². The molecule has 1 aromatic carbocycles. The van der Waals surface area contributed by atoms with Crippen molar-refractivity contribution in [3.63, 3.8) is 0 Å². The summed E-state index contributed by atoms with van der Waals surface area (Å²) in [6.07, 6.45) is 0.314. The minimum atomic E-state index is -3.70. The summed E-state index contributed by atoms with van der Waals surface area (Å²) in [5.41, 5.74) is 0.433. The number of Topliss-reactive ketones (excluding diaryl/α,β-unsaturated/α-hetero) is 3. The summed E-state index contributed by atoms with van der Waals surface area (Å²) in [5, 5.41) is 2.38. The van der Waals surface area contributed by atoms with Crippen molar-refractivity contribution in [3.05, 3.63) is 23.3 Å². The van der Waals surface area contributed by atoms with Crippen LogP contribution in [0.5, 0.6) is 0 Å². The molecule has 34 heavy (non-hydrogen) atoms. The van der Waals surface area contributed by atoms with Crippen LogP contribution in [0.15, 0.2) is 17.0 Å². The lowest BCUT2D eigenvalue weighted by atomic mass is 9.67. The smallest absolute Gasteiger partial charge is 0.182 e. The fraction of sp³-hybridized carbons (Fsp3) is 0.640. The first kappa shape index (κ1) is 28.1. The van der Waals surface area contributed by atoms with E-state index in [2.05, 4.69) is 5.32 Å². The summed E-state index contributed by atoms with van der Waals surface area (Å²) in [5.74, 6) is -2.90. The Morgan fingerprint density at radius 1 is 1.09 bits per heavy atom. The molecule has 0 unspecified atom stereocenters. The summed E-state index contributed by atoms with van der Waals surface area (Å²) >= 11 is 0. The van der Waals surface area contributed by atoms with Crippen LogP contribution in [-0.4, -0.2) is 58.4 Å². The van der Waals surface area contributed by atoms with Crippen molar-refractivity contribution in [2.45, 2.75) is 64.2 Å². The Morgan fingerprint density at radius 3 is 2.15 bits per heavy atom. The second kappa shape index (κ2) is 11.1. The molecule has 1 N–H and O–H groups in total. The number of nitrogens with one attached hydrogen (secondary N) is 1. The van der Waals surface area contributed by atoms with E-state index in [9.17, 15) is 22.8 Å². The summed E-state index contributed by atoms with van der Waals surface area (Å²) in [4.78, 5) is 39.5. The first-order valence-electron chi connectivity index (χ1n) is 11.5. The Hall–Kier alpha value is -2.10. The Labute approximate surface area is 202 Å². The molecule has 190 valence electrons. The van der Waals surface area contributed by atoms with Gasteiger partial charge < -0.3 is 14.8 Å². The molecule has 0 amide bonds. The molecule has 0 spiro atoms. The highest BCUT2D eigenvalue weighted by molar-refractivity contribution is 7.92. The minimum absolute atomic E-state index is 0.0382. The first-order chi connectivity index (χ1) is 15.8. The van der Waals surface area contributed by atoms with Crippen LogP contribution in [0.3, 0.4) is 0 Å². The van der Waals surface area contributed by atoms with Crippen LogP contribution in [-0.2, 0) is 35.5 Å². The number of sulfone groups is 1. The van der Waals surface area contributed by atoms with Crippen molar-refractivity contribution in [2.75, 3.05) is 32.7 Å². The average molecular weight is 496 g/mol. The second-order valence-electron chi connectivity index (χ2n) is 10.1. The topological polar surface area (TPSA) is 116 Å². The van der Waals surface area contributed by atoms with E-state index in [1.807, 2.05) is 20.8 Å². The summed E-state index contributed by atoms with van der Waals surface area (Å²) < 4.78 is 36.5. The number of carbonyl (C=O) groups is 3. The molecule has 1 aliphatic carbocycles. The molecular formula is C25H37NO7S. The molecule has 0 saturated heterocycles. The molecule has 0 aliphatic heterocycles. The van der Waals surface area contributed by atoms with E-state index in [0.717, 1.165) is 0 Å². The van der Waals surface area contributed by atoms with Gasteiger partial charge in [-0.15, -0.1) is 0 Å². The van der Waals surface area contributed by atoms with Gasteiger partial charge in [0.15, 0.2) is 27.2 Å². The van der Waals surface area contributed by atoms with E-state index in [1.54, 1.807) is 13.8 Å². The zero-order valence-corrected chi connectivity index (χ0v) is 22.0. The van der Waals surface area contributed by atoms with Crippen molar-refractivity contribution >= 4 is 32.9 Å². The van der Waals surface area contributed by atoms with Gasteiger partial charge in [0.25, 0.3) is 0 Å². The van der Waals surface area contributed by atoms with Gasteiger partial charge in [-0.2, -0.15) is 0 Å². The van der Waals surface area contributed by atoms with Gasteiger partial charge in [-0.1, -0.05) is 20.8 Å². The molecular weight excluding hydrogens is 458 g/mol. The maximum absolute atomic E-state index is 13.6. The average Bonchev–Trinajstić information content (AvgIpc) is 2.73. The number of hydrogen-bond acceptors (Lipinski definition) is 8. The molecule has 2 rings (SSSR count). The Morgan fingerprint density at radius 2 is 1.68 bits per heavy atom. The molecule has 1 fully saturated rings. The molecule has 9 heteroatoms. The molecule has 0 heterocycles. The van der Waals surface area contributed by atoms with Gasteiger partial charge in [-0.05, 0) is 37.3 Å². The van der Waals surface area contributed by atoms with E-state index in [0.29, 0.717) is 18.7 Å². The third kappa shape index (κ3) is 5.93. The van der Waals surface area contributed by atoms with E-state index >= 15 is 0 Å². The minimum Gasteiger partial charge on any atom is -0.383 e. The molecule has 1 aliphatic rings. The lowest BCUT2D eigenvalue weighted by molar-refractivity contribution is -0.136. The number of hydrogen-bond donors (Lipinski definition) is 1. The van der Waals surface area contributed by atoms with Gasteiger partial charge in [0.2, 0.25) is 0 Å². The maximum Gasteiger partial charge on any atom is 0.182 e. The largest absolute Gasteiger partial charge is 0.383 e. The van der Waals surface area contributed by atoms with Gasteiger partial charge in [0.05, 0.1) is 29.0 Å². The number of methoxy groups -OCH3 is 2. The highest BCUT2D eigenvalue weighted by Gasteiger charge is 2.44. The van der Waals surface area contributed by atoms with Crippen LogP contribution < -0.4 is 5.32 Å². The van der Waals surface area contributed by atoms with Crippen LogP contribution in [0, 0.1) is 17.3 Å². The first-order valence-corrected chi connectivity index (χ1v) is 13.0. The molecule has 1 aromatic rings. The van der Waals surface area contributed by atoms with E-state index in [-0.39, 0.29) is 46.9 Å². The quantitative estimate of drug-likeness (QED) is 0.298. The molecule has 1 saturated carbocycles. The van der Waals surface area contributed by atoms with E-state index < -0.39 is 38.4 Å². The number of carbonyl (C=O) groups excluding carboxylic acids is 3. The molecule has 0 aromatic heterocycles. The fourth-order valence-electron chi connectivity index (χ4n) is 4.15. The predicted molar refractivity (Wildman–Crippen MR) is 130 cm³/mol. The van der Waals surface area contributed by atoms with Gasteiger partial charge in [-0.25, -0.2) is 8.42 Å². The van der Waals surface area contributed by atoms with Gasteiger partial charge >= 0.3 is 0 Å². The lowest BCUT2D eigenvalue weighted by Gasteiger charge is -2.35. The van der Waals surface area contributed by atoms with Crippen LogP contribution in [0.2, 0.25) is 0 Å². The van der Waals surface area contributed by atoms with E-state index in [1.165, 1.54) is 26.4 Å². The summed E-state index contributed by atoms with van der Waals surface area (Å²) in [6.45, 7) is 9.61. The maximum atomic E-state index is 13.6. The number of rotatable bonds is 10. The Kier molecular flexibility index (Phi) is 9.18. The van der Waals surface area contributed by atoms with Crippen molar-refractivity contribution in [1.82, 2.24) is 0 Å². The van der Waals surface area contributed by atoms with Crippen LogP contribution in [0.1, 0.15) is 63.4 Å². The van der Waals surface area contributed by atoms with E-state index in [4.69, 9.17) is 9.47 Å². The third-order valence-corrected chi connectivity index (χ3v) is 8.58. The summed E-state index contributed by atoms with van der Waals surface area (Å²) in [6, 6.07) is 2.76. The molecule has 0 bridgehead atoms. The van der Waals surface area contributed by atoms with Gasteiger partial charge in [0, 0.05) is 44.7 Å². The highest BCUT2D eigenvalue weighted by atomic mass is 32.2. The SMILES string of the molecule is COCCNc1c(S(=O)(=O)C(C)C)ccc(C(=O)C2C(=O)CC(C(C)(C)C)CC2=O)c1COC. The molecule has 8 nitrogen and oxygen atoms in total. The summed E-state index contributed by atoms with van der Waals surface area (Å²) in [7, 11) is -0.747. The second-order valence-corrected chi connectivity index (χ2v) is 12.6. The molecule has 0 atom stereocenters. The van der Waals surface area contributed by atoms with Gasteiger partial charge in [-0.3, -0.25) is 14.4 Å².